The van der Waals surface area contributed by atoms with Crippen molar-refractivity contribution in [3.05, 3.63) is 17.4 Å². The topological polar surface area (TPSA) is 56.7 Å². The number of halogens is 1. The van der Waals surface area contributed by atoms with Gasteiger partial charge < -0.3 is 10.3 Å². The van der Waals surface area contributed by atoms with Crippen LogP contribution < -0.4 is 5.73 Å². The minimum Gasteiger partial charge on any atom is -0.324 e. The minimum atomic E-state index is 0.296. The SMILES string of the molecule is C=C(Cl)CSc1nnc(CN)n1C(C)C. The van der Waals surface area contributed by atoms with Gasteiger partial charge in [0.2, 0.25) is 0 Å². The maximum absolute atomic E-state index is 5.70. The fourth-order valence-corrected chi connectivity index (χ4v) is 2.21. The quantitative estimate of drug-likeness (QED) is 0.809. The number of nitrogens with zero attached hydrogens (tertiary/aromatic N) is 3. The fraction of sp³-hybridized carbons (Fsp3) is 0.556. The normalized spacial score (nSPS) is 11.0. The number of hydrogen-bond donors (Lipinski definition) is 1. The van der Waals surface area contributed by atoms with Crippen molar-refractivity contribution in [1.29, 1.82) is 0 Å². The van der Waals surface area contributed by atoms with Gasteiger partial charge in [-0.2, -0.15) is 0 Å². The molecule has 0 saturated carbocycles. The zero-order valence-electron chi connectivity index (χ0n) is 8.90. The molecule has 0 aromatic carbocycles. The van der Waals surface area contributed by atoms with Crippen molar-refractivity contribution in [3.63, 3.8) is 0 Å². The minimum absolute atomic E-state index is 0.296. The van der Waals surface area contributed by atoms with E-state index in [0.717, 1.165) is 11.0 Å². The Balaban J connectivity index is 2.87. The first kappa shape index (κ1) is 12.5. The number of nitrogens with two attached hydrogens (primary N) is 1. The molecule has 4 nitrogen and oxygen atoms in total. The summed E-state index contributed by atoms with van der Waals surface area (Å²) in [6.45, 7) is 8.17. The van der Waals surface area contributed by atoms with Crippen LogP contribution in [0.25, 0.3) is 0 Å². The average molecular weight is 247 g/mol. The van der Waals surface area contributed by atoms with E-state index >= 15 is 0 Å². The Bertz CT molecular complexity index is 348. The molecule has 0 amide bonds. The van der Waals surface area contributed by atoms with Crippen LogP contribution in [0.3, 0.4) is 0 Å². The Morgan fingerprint density at radius 1 is 1.60 bits per heavy atom. The lowest BCUT2D eigenvalue weighted by atomic mass is 10.4. The Hall–Kier alpha value is -0.520. The van der Waals surface area contributed by atoms with Gasteiger partial charge in [0, 0.05) is 16.8 Å². The van der Waals surface area contributed by atoms with Crippen LogP contribution >= 0.6 is 23.4 Å². The lowest BCUT2D eigenvalue weighted by molar-refractivity contribution is 0.526. The highest BCUT2D eigenvalue weighted by atomic mass is 35.5. The molecule has 6 heteroatoms. The van der Waals surface area contributed by atoms with E-state index in [-0.39, 0.29) is 0 Å². The summed E-state index contributed by atoms with van der Waals surface area (Å²) in [5.41, 5.74) is 5.58. The summed E-state index contributed by atoms with van der Waals surface area (Å²) in [6.07, 6.45) is 0. The molecule has 0 bridgehead atoms. The lowest BCUT2D eigenvalue weighted by Crippen LogP contribution is -2.11. The van der Waals surface area contributed by atoms with E-state index in [2.05, 4.69) is 30.6 Å². The number of thioether (sulfide) groups is 1. The predicted octanol–water partition coefficient (Wildman–Crippen LogP) is 2.16. The summed E-state index contributed by atoms with van der Waals surface area (Å²) in [4.78, 5) is 0. The highest BCUT2D eigenvalue weighted by molar-refractivity contribution is 7.99. The first-order chi connectivity index (χ1) is 7.06. The van der Waals surface area contributed by atoms with E-state index in [1.165, 1.54) is 11.8 Å². The summed E-state index contributed by atoms with van der Waals surface area (Å²) in [7, 11) is 0. The molecule has 1 aromatic rings. The molecule has 0 unspecified atom stereocenters. The van der Waals surface area contributed by atoms with Crippen molar-refractivity contribution < 1.29 is 0 Å². The third kappa shape index (κ3) is 3.22. The van der Waals surface area contributed by atoms with Gasteiger partial charge in [-0.25, -0.2) is 0 Å². The largest absolute Gasteiger partial charge is 0.324 e. The van der Waals surface area contributed by atoms with E-state index in [9.17, 15) is 0 Å². The Labute approximate surface area is 98.9 Å². The molecule has 0 spiro atoms. The fourth-order valence-electron chi connectivity index (χ4n) is 1.21. The van der Waals surface area contributed by atoms with Crippen molar-refractivity contribution >= 4 is 23.4 Å². The van der Waals surface area contributed by atoms with E-state index in [4.69, 9.17) is 17.3 Å². The average Bonchev–Trinajstić information content (AvgIpc) is 2.57. The first-order valence-electron chi connectivity index (χ1n) is 4.66. The zero-order chi connectivity index (χ0) is 11.4. The number of hydrogen-bond acceptors (Lipinski definition) is 4. The van der Waals surface area contributed by atoms with Gasteiger partial charge in [-0.15, -0.1) is 10.2 Å². The summed E-state index contributed by atoms with van der Waals surface area (Å²) in [6, 6.07) is 0.296. The molecule has 0 atom stereocenters. The predicted molar refractivity (Wildman–Crippen MR) is 64.0 cm³/mol. The highest BCUT2D eigenvalue weighted by Crippen LogP contribution is 2.23. The van der Waals surface area contributed by atoms with Crippen molar-refractivity contribution in [2.75, 3.05) is 5.75 Å². The lowest BCUT2D eigenvalue weighted by Gasteiger charge is -2.12. The molecule has 0 fully saturated rings. The molecule has 0 aliphatic rings. The Morgan fingerprint density at radius 2 is 2.27 bits per heavy atom. The summed E-state index contributed by atoms with van der Waals surface area (Å²) >= 11 is 7.22. The van der Waals surface area contributed by atoms with Crippen molar-refractivity contribution in [1.82, 2.24) is 14.8 Å². The standard InChI is InChI=1S/C9H15ClN4S/c1-6(2)14-8(4-11)12-13-9(14)15-5-7(3)10/h6H,3-5,11H2,1-2H3. The van der Waals surface area contributed by atoms with Gasteiger partial charge in [0.05, 0.1) is 6.54 Å². The monoisotopic (exact) mass is 246 g/mol. The van der Waals surface area contributed by atoms with Gasteiger partial charge in [0.15, 0.2) is 5.16 Å². The molecule has 2 N–H and O–H groups in total. The summed E-state index contributed by atoms with van der Waals surface area (Å²) in [5, 5.41) is 9.55. The van der Waals surface area contributed by atoms with Gasteiger partial charge in [0.1, 0.15) is 5.82 Å². The zero-order valence-corrected chi connectivity index (χ0v) is 10.5. The van der Waals surface area contributed by atoms with Crippen LogP contribution in [-0.2, 0) is 6.54 Å². The third-order valence-corrected chi connectivity index (χ3v) is 3.11. The molecule has 0 radical (unpaired) electrons. The molecular weight excluding hydrogens is 232 g/mol. The smallest absolute Gasteiger partial charge is 0.191 e. The van der Waals surface area contributed by atoms with Gasteiger partial charge in [0.25, 0.3) is 0 Å². The highest BCUT2D eigenvalue weighted by Gasteiger charge is 2.13. The van der Waals surface area contributed by atoms with Gasteiger partial charge in [-0.05, 0) is 13.8 Å². The maximum Gasteiger partial charge on any atom is 0.191 e. The van der Waals surface area contributed by atoms with E-state index in [0.29, 0.717) is 23.4 Å². The Kier molecular flexibility index (Phi) is 4.63. The molecule has 84 valence electrons. The van der Waals surface area contributed by atoms with Crippen LogP contribution in [0, 0.1) is 0 Å². The Morgan fingerprint density at radius 3 is 2.73 bits per heavy atom. The van der Waals surface area contributed by atoms with Crippen LogP contribution in [-0.4, -0.2) is 20.5 Å². The first-order valence-corrected chi connectivity index (χ1v) is 6.02. The maximum atomic E-state index is 5.70. The molecule has 15 heavy (non-hydrogen) atoms. The van der Waals surface area contributed by atoms with E-state index in [1.807, 2.05) is 4.57 Å². The summed E-state index contributed by atoms with van der Waals surface area (Å²) < 4.78 is 2.02. The molecule has 0 aliphatic carbocycles. The van der Waals surface area contributed by atoms with Crippen molar-refractivity contribution in [3.8, 4) is 0 Å². The van der Waals surface area contributed by atoms with Crippen molar-refractivity contribution in [2.24, 2.45) is 5.73 Å². The van der Waals surface area contributed by atoms with Gasteiger partial charge in [-0.1, -0.05) is 29.9 Å². The van der Waals surface area contributed by atoms with Crippen LogP contribution in [0.1, 0.15) is 25.7 Å². The molecule has 1 rings (SSSR count). The van der Waals surface area contributed by atoms with Gasteiger partial charge in [-0.3, -0.25) is 0 Å². The van der Waals surface area contributed by atoms with Crippen LogP contribution in [0.2, 0.25) is 0 Å². The molecule has 1 heterocycles. The number of rotatable bonds is 5. The second-order valence-electron chi connectivity index (χ2n) is 3.37. The molecular formula is C9H15ClN4S. The van der Waals surface area contributed by atoms with E-state index in [1.54, 1.807) is 0 Å². The second kappa shape index (κ2) is 5.53. The molecule has 0 saturated heterocycles. The number of aromatic nitrogens is 3. The van der Waals surface area contributed by atoms with Crippen LogP contribution in [0.5, 0.6) is 0 Å². The van der Waals surface area contributed by atoms with Crippen LogP contribution in [0.15, 0.2) is 16.8 Å². The van der Waals surface area contributed by atoms with E-state index < -0.39 is 0 Å². The molecule has 0 aliphatic heterocycles. The third-order valence-electron chi connectivity index (χ3n) is 1.79. The second-order valence-corrected chi connectivity index (χ2v) is 4.85. The van der Waals surface area contributed by atoms with Crippen molar-refractivity contribution in [2.45, 2.75) is 31.6 Å². The summed E-state index contributed by atoms with van der Waals surface area (Å²) in [5.74, 6) is 1.43. The van der Waals surface area contributed by atoms with Gasteiger partial charge >= 0.3 is 0 Å². The molecule has 1 aromatic heterocycles. The van der Waals surface area contributed by atoms with Crippen LogP contribution in [0.4, 0.5) is 0 Å².